The van der Waals surface area contributed by atoms with Crippen LogP contribution in [0.3, 0.4) is 0 Å². The number of ether oxygens (including phenoxy) is 2. The Hall–Kier alpha value is -2.06. The topological polar surface area (TPSA) is 76.1 Å². The molecule has 1 saturated heterocycles. The monoisotopic (exact) mass is 421 g/mol. The van der Waals surface area contributed by atoms with Crippen LogP contribution in [0, 0.1) is 0 Å². The number of methoxy groups -OCH3 is 1. The van der Waals surface area contributed by atoms with Crippen LogP contribution in [0.2, 0.25) is 0 Å². The van der Waals surface area contributed by atoms with Crippen LogP contribution in [-0.4, -0.2) is 46.0 Å². The highest BCUT2D eigenvalue weighted by molar-refractivity contribution is 8.26. The molecular weight excluding hydrogens is 398 g/mol. The lowest BCUT2D eigenvalue weighted by atomic mass is 10.1. The Morgan fingerprint density at radius 2 is 2.11 bits per heavy atom. The van der Waals surface area contributed by atoms with Crippen molar-refractivity contribution in [2.45, 2.75) is 44.6 Å². The van der Waals surface area contributed by atoms with Crippen molar-refractivity contribution in [3.8, 4) is 11.5 Å². The van der Waals surface area contributed by atoms with Crippen LogP contribution in [0.5, 0.6) is 11.5 Å². The molecule has 2 fully saturated rings. The van der Waals surface area contributed by atoms with Gasteiger partial charge in [-0.05, 0) is 55.9 Å². The molecular formula is C20H23NO5S2. The summed E-state index contributed by atoms with van der Waals surface area (Å²) < 4.78 is 12.0. The number of carboxylic acids is 1. The SMILES string of the molecule is COc1ccc(/C=C2\SC(=S)N(CCCC(=O)O)C2=O)cc1OC1CCCC1. The molecule has 0 atom stereocenters. The fraction of sp³-hybridized carbons (Fsp3) is 0.450. The van der Waals surface area contributed by atoms with Gasteiger partial charge >= 0.3 is 5.97 Å². The summed E-state index contributed by atoms with van der Waals surface area (Å²) in [5.74, 6) is 0.286. The van der Waals surface area contributed by atoms with Crippen molar-refractivity contribution >= 4 is 46.3 Å². The minimum absolute atomic E-state index is 0.0104. The maximum absolute atomic E-state index is 12.6. The molecule has 1 aliphatic heterocycles. The molecule has 0 bridgehead atoms. The van der Waals surface area contributed by atoms with Crippen molar-refractivity contribution in [1.29, 1.82) is 0 Å². The van der Waals surface area contributed by atoms with E-state index < -0.39 is 5.97 Å². The first-order chi connectivity index (χ1) is 13.5. The molecule has 1 heterocycles. The summed E-state index contributed by atoms with van der Waals surface area (Å²) in [5, 5.41) is 8.76. The van der Waals surface area contributed by atoms with E-state index in [1.165, 1.54) is 29.5 Å². The maximum Gasteiger partial charge on any atom is 0.303 e. The Kier molecular flexibility index (Phi) is 6.96. The van der Waals surface area contributed by atoms with Gasteiger partial charge in [0.15, 0.2) is 11.5 Å². The van der Waals surface area contributed by atoms with Gasteiger partial charge in [0.25, 0.3) is 5.91 Å². The van der Waals surface area contributed by atoms with Crippen LogP contribution in [0.4, 0.5) is 0 Å². The molecule has 1 saturated carbocycles. The van der Waals surface area contributed by atoms with Crippen LogP contribution >= 0.6 is 24.0 Å². The number of aliphatic carboxylic acids is 1. The molecule has 6 nitrogen and oxygen atoms in total. The zero-order chi connectivity index (χ0) is 20.1. The van der Waals surface area contributed by atoms with Crippen molar-refractivity contribution < 1.29 is 24.2 Å². The number of carbonyl (C=O) groups excluding carboxylic acids is 1. The Morgan fingerprint density at radius 3 is 2.79 bits per heavy atom. The third-order valence-corrected chi connectivity index (χ3v) is 6.11. The van der Waals surface area contributed by atoms with E-state index >= 15 is 0 Å². The van der Waals surface area contributed by atoms with Gasteiger partial charge in [0.1, 0.15) is 4.32 Å². The molecule has 0 aromatic heterocycles. The third kappa shape index (κ3) is 5.05. The number of hydrogen-bond acceptors (Lipinski definition) is 6. The van der Waals surface area contributed by atoms with Crippen LogP contribution in [0.25, 0.3) is 6.08 Å². The second kappa shape index (κ2) is 9.43. The number of carboxylic acid groups (broad SMARTS) is 1. The van der Waals surface area contributed by atoms with Gasteiger partial charge in [-0.2, -0.15) is 0 Å². The smallest absolute Gasteiger partial charge is 0.303 e. The summed E-state index contributed by atoms with van der Waals surface area (Å²) in [6.07, 6.45) is 6.82. The molecule has 1 amide bonds. The Bertz CT molecular complexity index is 802. The van der Waals surface area contributed by atoms with E-state index in [1.54, 1.807) is 13.2 Å². The Labute approximate surface area is 173 Å². The average molecular weight is 422 g/mol. The molecule has 8 heteroatoms. The second-order valence-electron chi connectivity index (χ2n) is 6.77. The normalized spacial score (nSPS) is 18.9. The van der Waals surface area contributed by atoms with E-state index in [2.05, 4.69) is 0 Å². The van der Waals surface area contributed by atoms with E-state index in [-0.39, 0.29) is 18.4 Å². The predicted octanol–water partition coefficient (Wildman–Crippen LogP) is 4.08. The molecule has 1 aliphatic carbocycles. The van der Waals surface area contributed by atoms with Gasteiger partial charge in [0, 0.05) is 13.0 Å². The first kappa shape index (κ1) is 20.7. The van der Waals surface area contributed by atoms with Gasteiger partial charge in [-0.15, -0.1) is 0 Å². The largest absolute Gasteiger partial charge is 0.493 e. The summed E-state index contributed by atoms with van der Waals surface area (Å²) in [7, 11) is 1.61. The summed E-state index contributed by atoms with van der Waals surface area (Å²) in [4.78, 5) is 25.3. The lowest BCUT2D eigenvalue weighted by molar-refractivity contribution is -0.137. The highest BCUT2D eigenvalue weighted by atomic mass is 32.2. The molecule has 2 aliphatic rings. The fourth-order valence-corrected chi connectivity index (χ4v) is 4.60. The standard InChI is InChI=1S/C20H23NO5S2/c1-25-15-9-8-13(11-16(15)26-14-5-2-3-6-14)12-17-19(24)21(20(27)28-17)10-4-7-18(22)23/h8-9,11-12,14H,2-7,10H2,1H3,(H,22,23)/b17-12-. The predicted molar refractivity (Wildman–Crippen MR) is 113 cm³/mol. The summed E-state index contributed by atoms with van der Waals surface area (Å²) in [6.45, 7) is 0.312. The lowest BCUT2D eigenvalue weighted by Gasteiger charge is -2.16. The number of thioether (sulfide) groups is 1. The molecule has 1 aromatic carbocycles. The van der Waals surface area contributed by atoms with E-state index in [0.29, 0.717) is 33.7 Å². The molecule has 3 rings (SSSR count). The molecule has 1 aromatic rings. The quantitative estimate of drug-likeness (QED) is 0.501. The summed E-state index contributed by atoms with van der Waals surface area (Å²) >= 11 is 6.52. The number of nitrogens with zero attached hydrogens (tertiary/aromatic N) is 1. The van der Waals surface area contributed by atoms with Crippen LogP contribution in [-0.2, 0) is 9.59 Å². The highest BCUT2D eigenvalue weighted by Gasteiger charge is 2.31. The third-order valence-electron chi connectivity index (χ3n) is 4.73. The first-order valence-corrected chi connectivity index (χ1v) is 10.5. The highest BCUT2D eigenvalue weighted by Crippen LogP contribution is 2.36. The van der Waals surface area contributed by atoms with Gasteiger partial charge < -0.3 is 14.6 Å². The fourth-order valence-electron chi connectivity index (χ4n) is 3.29. The van der Waals surface area contributed by atoms with E-state index in [0.717, 1.165) is 18.4 Å². The number of rotatable bonds is 8. The van der Waals surface area contributed by atoms with Gasteiger partial charge in [0.2, 0.25) is 0 Å². The van der Waals surface area contributed by atoms with E-state index in [1.807, 2.05) is 18.2 Å². The molecule has 0 unspecified atom stereocenters. The molecule has 28 heavy (non-hydrogen) atoms. The Balaban J connectivity index is 1.74. The zero-order valence-electron chi connectivity index (χ0n) is 15.7. The van der Waals surface area contributed by atoms with Gasteiger partial charge in [0.05, 0.1) is 18.1 Å². The summed E-state index contributed by atoms with van der Waals surface area (Å²) in [5.41, 5.74) is 0.833. The molecule has 1 N–H and O–H groups in total. The van der Waals surface area contributed by atoms with Crippen LogP contribution < -0.4 is 9.47 Å². The average Bonchev–Trinajstić information content (AvgIpc) is 3.25. The van der Waals surface area contributed by atoms with Crippen molar-refractivity contribution in [2.24, 2.45) is 0 Å². The minimum atomic E-state index is -0.881. The van der Waals surface area contributed by atoms with Gasteiger partial charge in [-0.25, -0.2) is 0 Å². The van der Waals surface area contributed by atoms with E-state index in [9.17, 15) is 9.59 Å². The van der Waals surface area contributed by atoms with Gasteiger partial charge in [-0.1, -0.05) is 30.0 Å². The number of benzene rings is 1. The number of hydrogen-bond donors (Lipinski definition) is 1. The van der Waals surface area contributed by atoms with Crippen molar-refractivity contribution in [1.82, 2.24) is 4.90 Å². The zero-order valence-corrected chi connectivity index (χ0v) is 17.3. The first-order valence-electron chi connectivity index (χ1n) is 9.30. The molecule has 0 spiro atoms. The second-order valence-corrected chi connectivity index (χ2v) is 8.44. The number of amides is 1. The van der Waals surface area contributed by atoms with Crippen LogP contribution in [0.1, 0.15) is 44.1 Å². The summed E-state index contributed by atoms with van der Waals surface area (Å²) in [6, 6.07) is 5.59. The maximum atomic E-state index is 12.6. The van der Waals surface area contributed by atoms with Gasteiger partial charge in [-0.3, -0.25) is 14.5 Å². The molecule has 150 valence electrons. The Morgan fingerprint density at radius 1 is 1.36 bits per heavy atom. The van der Waals surface area contributed by atoms with E-state index in [4.69, 9.17) is 26.8 Å². The number of thiocarbonyl (C=S) groups is 1. The molecule has 0 radical (unpaired) electrons. The van der Waals surface area contributed by atoms with Crippen molar-refractivity contribution in [3.05, 3.63) is 28.7 Å². The van der Waals surface area contributed by atoms with Crippen molar-refractivity contribution in [2.75, 3.05) is 13.7 Å². The number of carbonyl (C=O) groups is 2. The lowest BCUT2D eigenvalue weighted by Crippen LogP contribution is -2.29. The van der Waals surface area contributed by atoms with Crippen LogP contribution in [0.15, 0.2) is 23.1 Å². The van der Waals surface area contributed by atoms with Crippen molar-refractivity contribution in [3.63, 3.8) is 0 Å². The minimum Gasteiger partial charge on any atom is -0.493 e.